The van der Waals surface area contributed by atoms with E-state index in [1.54, 1.807) is 17.8 Å². The molecule has 3 aromatic rings. The number of anilines is 2. The second-order valence-electron chi connectivity index (χ2n) is 6.56. The topological polar surface area (TPSA) is 93.8 Å². The van der Waals surface area contributed by atoms with E-state index in [0.717, 1.165) is 25.2 Å². The van der Waals surface area contributed by atoms with Gasteiger partial charge in [-0.25, -0.2) is 0 Å². The number of nitriles is 1. The average Bonchev–Trinajstić information content (AvgIpc) is 3.29. The van der Waals surface area contributed by atoms with Gasteiger partial charge in [0.15, 0.2) is 5.65 Å². The van der Waals surface area contributed by atoms with Crippen LogP contribution >= 0.6 is 0 Å². The number of nitrogens with one attached hydrogen (secondary N) is 1. The van der Waals surface area contributed by atoms with E-state index in [2.05, 4.69) is 30.9 Å². The standard InChI is InChI=1S/C18H19N7O/c1-23(13-5-3-4-12(8-13)9-19)14-6-7-25(11-14)18-21-16-15(17(26)22-18)10-20-24(16)2/h3-5,8,10,14H,6-7,11H2,1-2H3,(H,21,22,26)/t14-/m0/s1. The fourth-order valence-electron chi connectivity index (χ4n) is 3.43. The lowest BCUT2D eigenvalue weighted by Gasteiger charge is -2.27. The van der Waals surface area contributed by atoms with Crippen molar-refractivity contribution < 1.29 is 0 Å². The van der Waals surface area contributed by atoms with Crippen LogP contribution in [-0.2, 0) is 7.05 Å². The highest BCUT2D eigenvalue weighted by Crippen LogP contribution is 2.24. The van der Waals surface area contributed by atoms with Crippen LogP contribution in [0, 0.1) is 11.3 Å². The minimum atomic E-state index is -0.170. The second kappa shape index (κ2) is 6.19. The molecule has 1 saturated heterocycles. The Hall–Kier alpha value is -3.34. The predicted molar refractivity (Wildman–Crippen MR) is 99.3 cm³/mol. The van der Waals surface area contributed by atoms with Crippen LogP contribution in [0.25, 0.3) is 11.0 Å². The zero-order valence-corrected chi connectivity index (χ0v) is 14.7. The summed E-state index contributed by atoms with van der Waals surface area (Å²) < 4.78 is 1.61. The minimum Gasteiger partial charge on any atom is -0.370 e. The summed E-state index contributed by atoms with van der Waals surface area (Å²) in [5.74, 6) is 0.577. The van der Waals surface area contributed by atoms with Crippen LogP contribution < -0.4 is 15.4 Å². The van der Waals surface area contributed by atoms with E-state index in [0.29, 0.717) is 22.5 Å². The summed E-state index contributed by atoms with van der Waals surface area (Å²) in [5, 5.41) is 13.7. The molecule has 0 aliphatic carbocycles. The molecule has 1 atom stereocenters. The molecule has 3 heterocycles. The summed E-state index contributed by atoms with van der Waals surface area (Å²) in [6, 6.07) is 10.0. The Morgan fingerprint density at radius 2 is 2.27 bits per heavy atom. The molecule has 1 N–H and O–H groups in total. The smallest absolute Gasteiger partial charge is 0.263 e. The molecule has 8 nitrogen and oxygen atoms in total. The number of nitrogens with zero attached hydrogens (tertiary/aromatic N) is 6. The van der Waals surface area contributed by atoms with Crippen LogP contribution in [0.2, 0.25) is 0 Å². The van der Waals surface area contributed by atoms with Crippen LogP contribution in [-0.4, -0.2) is 45.9 Å². The zero-order valence-electron chi connectivity index (χ0n) is 14.7. The van der Waals surface area contributed by atoms with E-state index < -0.39 is 0 Å². The summed E-state index contributed by atoms with van der Waals surface area (Å²) in [7, 11) is 3.81. The molecular formula is C18H19N7O. The average molecular weight is 349 g/mol. The van der Waals surface area contributed by atoms with Gasteiger partial charge >= 0.3 is 0 Å². The van der Waals surface area contributed by atoms with Gasteiger partial charge in [0, 0.05) is 38.9 Å². The first kappa shape index (κ1) is 16.1. The van der Waals surface area contributed by atoms with Gasteiger partial charge in [-0.15, -0.1) is 0 Å². The number of aromatic nitrogens is 4. The van der Waals surface area contributed by atoms with Crippen molar-refractivity contribution >= 4 is 22.7 Å². The van der Waals surface area contributed by atoms with Crippen molar-refractivity contribution in [3.8, 4) is 6.07 Å². The third-order valence-electron chi connectivity index (χ3n) is 4.98. The maximum Gasteiger partial charge on any atom is 0.263 e. The number of hydrogen-bond acceptors (Lipinski definition) is 6. The maximum absolute atomic E-state index is 12.3. The summed E-state index contributed by atoms with van der Waals surface area (Å²) in [5.41, 5.74) is 2.08. The Morgan fingerprint density at radius 3 is 3.08 bits per heavy atom. The van der Waals surface area contributed by atoms with Crippen molar-refractivity contribution in [1.82, 2.24) is 19.7 Å². The first-order valence-corrected chi connectivity index (χ1v) is 8.47. The number of likely N-dealkylation sites (N-methyl/N-ethyl adjacent to an activating group) is 1. The largest absolute Gasteiger partial charge is 0.370 e. The highest BCUT2D eigenvalue weighted by Gasteiger charge is 2.28. The summed E-state index contributed by atoms with van der Waals surface area (Å²) in [4.78, 5) is 24.0. The minimum absolute atomic E-state index is 0.170. The van der Waals surface area contributed by atoms with E-state index in [4.69, 9.17) is 5.26 Å². The Kier molecular flexibility index (Phi) is 3.84. The van der Waals surface area contributed by atoms with Crippen molar-refractivity contribution in [2.45, 2.75) is 12.5 Å². The van der Waals surface area contributed by atoms with Gasteiger partial charge in [-0.1, -0.05) is 6.07 Å². The quantitative estimate of drug-likeness (QED) is 0.765. The molecule has 8 heteroatoms. The van der Waals surface area contributed by atoms with Crippen LogP contribution in [0.4, 0.5) is 11.6 Å². The normalized spacial score (nSPS) is 16.8. The number of aryl methyl sites for hydroxylation is 1. The second-order valence-corrected chi connectivity index (χ2v) is 6.56. The highest BCUT2D eigenvalue weighted by molar-refractivity contribution is 5.74. The maximum atomic E-state index is 12.3. The van der Waals surface area contributed by atoms with Crippen molar-refractivity contribution in [2.75, 3.05) is 29.9 Å². The first-order valence-electron chi connectivity index (χ1n) is 8.47. The zero-order chi connectivity index (χ0) is 18.3. The van der Waals surface area contributed by atoms with Crippen molar-refractivity contribution in [1.29, 1.82) is 5.26 Å². The van der Waals surface area contributed by atoms with Crippen molar-refractivity contribution in [3.63, 3.8) is 0 Å². The number of fused-ring (bicyclic) bond motifs is 1. The molecule has 1 aliphatic heterocycles. The predicted octanol–water partition coefficient (Wildman–Crippen LogP) is 1.24. The fourth-order valence-corrected chi connectivity index (χ4v) is 3.43. The van der Waals surface area contributed by atoms with E-state index in [-0.39, 0.29) is 11.6 Å². The molecule has 2 aromatic heterocycles. The third-order valence-corrected chi connectivity index (χ3v) is 4.98. The molecule has 4 rings (SSSR count). The highest BCUT2D eigenvalue weighted by atomic mass is 16.1. The SMILES string of the molecule is CN(c1cccc(C#N)c1)[C@H]1CCN(c2nc3c(cnn3C)c(=O)[nH]2)C1. The van der Waals surface area contributed by atoms with Gasteiger partial charge in [0.2, 0.25) is 5.95 Å². The van der Waals surface area contributed by atoms with Crippen molar-refractivity contribution in [3.05, 3.63) is 46.4 Å². The Balaban J connectivity index is 1.58. The third kappa shape index (κ3) is 2.67. The van der Waals surface area contributed by atoms with Crippen LogP contribution in [0.1, 0.15) is 12.0 Å². The number of hydrogen-bond donors (Lipinski definition) is 1. The molecule has 0 spiro atoms. The lowest BCUT2D eigenvalue weighted by molar-refractivity contribution is 0.691. The van der Waals surface area contributed by atoms with Gasteiger partial charge in [0.05, 0.1) is 17.8 Å². The van der Waals surface area contributed by atoms with Crippen LogP contribution in [0.5, 0.6) is 0 Å². The van der Waals surface area contributed by atoms with Gasteiger partial charge in [-0.2, -0.15) is 15.3 Å². The monoisotopic (exact) mass is 349 g/mol. The number of rotatable bonds is 3. The molecule has 1 aromatic carbocycles. The fraction of sp³-hybridized carbons (Fsp3) is 0.333. The van der Waals surface area contributed by atoms with Gasteiger partial charge in [-0.3, -0.25) is 14.5 Å². The molecule has 0 amide bonds. The number of H-pyrrole nitrogens is 1. The molecule has 26 heavy (non-hydrogen) atoms. The Labute approximate surface area is 150 Å². The Bertz CT molecular complexity index is 1060. The van der Waals surface area contributed by atoms with E-state index in [1.165, 1.54) is 6.20 Å². The van der Waals surface area contributed by atoms with Crippen LogP contribution in [0.3, 0.4) is 0 Å². The first-order chi connectivity index (χ1) is 12.6. The lowest BCUT2D eigenvalue weighted by Crippen LogP contribution is -2.35. The molecule has 0 radical (unpaired) electrons. The number of aromatic amines is 1. The van der Waals surface area contributed by atoms with Gasteiger partial charge in [0.1, 0.15) is 5.39 Å². The summed E-state index contributed by atoms with van der Waals surface area (Å²) in [6.07, 6.45) is 2.48. The lowest BCUT2D eigenvalue weighted by atomic mass is 10.1. The summed E-state index contributed by atoms with van der Waals surface area (Å²) >= 11 is 0. The van der Waals surface area contributed by atoms with E-state index in [9.17, 15) is 4.79 Å². The molecule has 0 bridgehead atoms. The molecule has 0 saturated carbocycles. The van der Waals surface area contributed by atoms with E-state index in [1.807, 2.05) is 25.2 Å². The molecule has 1 fully saturated rings. The molecule has 132 valence electrons. The number of benzene rings is 1. The Morgan fingerprint density at radius 1 is 1.42 bits per heavy atom. The van der Waals surface area contributed by atoms with Crippen LogP contribution in [0.15, 0.2) is 35.3 Å². The van der Waals surface area contributed by atoms with Crippen molar-refractivity contribution in [2.24, 2.45) is 7.05 Å². The molecule has 1 aliphatic rings. The molecular weight excluding hydrogens is 330 g/mol. The van der Waals surface area contributed by atoms with Gasteiger partial charge in [-0.05, 0) is 24.6 Å². The molecule has 0 unspecified atom stereocenters. The van der Waals surface area contributed by atoms with E-state index >= 15 is 0 Å². The van der Waals surface area contributed by atoms with Gasteiger partial charge in [0.25, 0.3) is 5.56 Å². The van der Waals surface area contributed by atoms with Gasteiger partial charge < -0.3 is 9.80 Å². The summed E-state index contributed by atoms with van der Waals surface area (Å²) in [6.45, 7) is 1.55.